The molecule has 0 aromatic heterocycles. The lowest BCUT2D eigenvalue weighted by Gasteiger charge is -2.05. The van der Waals surface area contributed by atoms with E-state index in [0.29, 0.717) is 6.42 Å². The largest absolute Gasteiger partial charge is 0.385 e. The van der Waals surface area contributed by atoms with E-state index in [4.69, 9.17) is 4.74 Å². The SMILES string of the molecule is CCCCCCCCCCCCCCCC(=O)NCCCOC. The van der Waals surface area contributed by atoms with Crippen molar-refractivity contribution in [2.24, 2.45) is 0 Å². The van der Waals surface area contributed by atoms with Crippen LogP contribution in [-0.4, -0.2) is 26.2 Å². The van der Waals surface area contributed by atoms with Gasteiger partial charge in [-0.1, -0.05) is 84.0 Å². The zero-order valence-corrected chi connectivity index (χ0v) is 15.8. The highest BCUT2D eigenvalue weighted by molar-refractivity contribution is 5.75. The minimum absolute atomic E-state index is 0.198. The van der Waals surface area contributed by atoms with Crippen molar-refractivity contribution >= 4 is 5.91 Å². The highest BCUT2D eigenvalue weighted by Crippen LogP contribution is 2.12. The quantitative estimate of drug-likeness (QED) is 0.332. The molecule has 0 radical (unpaired) electrons. The monoisotopic (exact) mass is 327 g/mol. The van der Waals surface area contributed by atoms with Gasteiger partial charge in [0.15, 0.2) is 0 Å². The zero-order valence-electron chi connectivity index (χ0n) is 15.8. The van der Waals surface area contributed by atoms with Gasteiger partial charge >= 0.3 is 0 Å². The Morgan fingerprint density at radius 2 is 1.22 bits per heavy atom. The van der Waals surface area contributed by atoms with Crippen molar-refractivity contribution in [2.75, 3.05) is 20.3 Å². The molecule has 138 valence electrons. The summed E-state index contributed by atoms with van der Waals surface area (Å²) >= 11 is 0. The van der Waals surface area contributed by atoms with Gasteiger partial charge in [-0.2, -0.15) is 0 Å². The summed E-state index contributed by atoms with van der Waals surface area (Å²) < 4.78 is 4.95. The fourth-order valence-corrected chi connectivity index (χ4v) is 2.84. The predicted molar refractivity (Wildman–Crippen MR) is 99.8 cm³/mol. The van der Waals surface area contributed by atoms with Gasteiger partial charge in [-0.25, -0.2) is 0 Å². The summed E-state index contributed by atoms with van der Waals surface area (Å²) in [6.07, 6.45) is 19.1. The number of rotatable bonds is 18. The second-order valence-electron chi connectivity index (χ2n) is 6.69. The van der Waals surface area contributed by atoms with Gasteiger partial charge in [0.05, 0.1) is 0 Å². The highest BCUT2D eigenvalue weighted by atomic mass is 16.5. The Kier molecular flexibility index (Phi) is 19.0. The van der Waals surface area contributed by atoms with E-state index in [0.717, 1.165) is 26.0 Å². The van der Waals surface area contributed by atoms with E-state index < -0.39 is 0 Å². The number of unbranched alkanes of at least 4 members (excludes halogenated alkanes) is 12. The van der Waals surface area contributed by atoms with Crippen LogP contribution < -0.4 is 5.32 Å². The van der Waals surface area contributed by atoms with Crippen LogP contribution in [0.2, 0.25) is 0 Å². The number of methoxy groups -OCH3 is 1. The van der Waals surface area contributed by atoms with E-state index >= 15 is 0 Å². The molecule has 0 aliphatic carbocycles. The summed E-state index contributed by atoms with van der Waals surface area (Å²) in [5, 5.41) is 2.94. The molecule has 0 saturated heterocycles. The maximum absolute atomic E-state index is 11.6. The van der Waals surface area contributed by atoms with Crippen LogP contribution in [0.15, 0.2) is 0 Å². The number of carbonyl (C=O) groups is 1. The van der Waals surface area contributed by atoms with Crippen molar-refractivity contribution in [3.63, 3.8) is 0 Å². The number of nitrogens with one attached hydrogen (secondary N) is 1. The lowest BCUT2D eigenvalue weighted by molar-refractivity contribution is -0.121. The first-order chi connectivity index (χ1) is 11.3. The maximum Gasteiger partial charge on any atom is 0.219 e. The smallest absolute Gasteiger partial charge is 0.219 e. The minimum Gasteiger partial charge on any atom is -0.385 e. The van der Waals surface area contributed by atoms with Crippen molar-refractivity contribution in [1.29, 1.82) is 0 Å². The zero-order chi connectivity index (χ0) is 17.0. The lowest BCUT2D eigenvalue weighted by atomic mass is 10.0. The molecule has 0 aromatic carbocycles. The Labute approximate surface area is 144 Å². The molecular weight excluding hydrogens is 286 g/mol. The fraction of sp³-hybridized carbons (Fsp3) is 0.950. The van der Waals surface area contributed by atoms with Gasteiger partial charge in [-0.3, -0.25) is 4.79 Å². The Bertz CT molecular complexity index is 244. The molecular formula is C20H41NO2. The molecule has 0 fully saturated rings. The van der Waals surface area contributed by atoms with Crippen LogP contribution in [-0.2, 0) is 9.53 Å². The molecule has 1 N–H and O–H groups in total. The Hall–Kier alpha value is -0.570. The first-order valence-electron chi connectivity index (χ1n) is 10.1. The molecule has 1 amide bonds. The maximum atomic E-state index is 11.6. The van der Waals surface area contributed by atoms with E-state index in [1.807, 2.05) is 0 Å². The molecule has 0 aliphatic rings. The summed E-state index contributed by atoms with van der Waals surface area (Å²) in [7, 11) is 1.69. The van der Waals surface area contributed by atoms with Crippen molar-refractivity contribution in [1.82, 2.24) is 5.32 Å². The molecule has 0 heterocycles. The molecule has 0 aromatic rings. The minimum atomic E-state index is 0.198. The first-order valence-corrected chi connectivity index (χ1v) is 10.1. The van der Waals surface area contributed by atoms with E-state index in [-0.39, 0.29) is 5.91 Å². The third-order valence-corrected chi connectivity index (χ3v) is 4.35. The average Bonchev–Trinajstić information content (AvgIpc) is 2.56. The molecule has 0 unspecified atom stereocenters. The van der Waals surface area contributed by atoms with Gasteiger partial charge in [0.2, 0.25) is 5.91 Å². The van der Waals surface area contributed by atoms with Crippen molar-refractivity contribution in [2.45, 2.75) is 103 Å². The molecule has 0 bridgehead atoms. The standard InChI is InChI=1S/C20H41NO2/c1-3-4-5-6-7-8-9-10-11-12-13-14-15-17-20(22)21-18-16-19-23-2/h3-19H2,1-2H3,(H,21,22). The molecule has 0 atom stereocenters. The van der Waals surface area contributed by atoms with Crippen LogP contribution in [0, 0.1) is 0 Å². The van der Waals surface area contributed by atoms with E-state index in [1.165, 1.54) is 77.0 Å². The molecule has 0 aliphatic heterocycles. The van der Waals surface area contributed by atoms with Crippen molar-refractivity contribution in [3.05, 3.63) is 0 Å². The topological polar surface area (TPSA) is 38.3 Å². The number of ether oxygens (including phenoxy) is 1. The molecule has 0 saturated carbocycles. The predicted octanol–water partition coefficient (Wildman–Crippen LogP) is 5.62. The van der Waals surface area contributed by atoms with Crippen LogP contribution >= 0.6 is 0 Å². The van der Waals surface area contributed by atoms with E-state index in [9.17, 15) is 4.79 Å². The first kappa shape index (κ1) is 22.4. The Balaban J connectivity index is 3.08. The van der Waals surface area contributed by atoms with Gasteiger partial charge < -0.3 is 10.1 Å². The molecule has 0 spiro atoms. The van der Waals surface area contributed by atoms with Crippen LogP contribution in [0.25, 0.3) is 0 Å². The summed E-state index contributed by atoms with van der Waals surface area (Å²) in [5.41, 5.74) is 0. The Morgan fingerprint density at radius 1 is 0.739 bits per heavy atom. The molecule has 3 heteroatoms. The normalized spacial score (nSPS) is 10.9. The van der Waals surface area contributed by atoms with Crippen molar-refractivity contribution in [3.8, 4) is 0 Å². The number of carbonyl (C=O) groups excluding carboxylic acids is 1. The van der Waals surface area contributed by atoms with Gasteiger partial charge in [-0.05, 0) is 12.8 Å². The van der Waals surface area contributed by atoms with Crippen LogP contribution in [0.1, 0.15) is 103 Å². The Morgan fingerprint density at radius 3 is 1.70 bits per heavy atom. The lowest BCUT2D eigenvalue weighted by Crippen LogP contribution is -2.24. The molecule has 3 nitrogen and oxygen atoms in total. The van der Waals surface area contributed by atoms with Gasteiger partial charge in [0.25, 0.3) is 0 Å². The summed E-state index contributed by atoms with van der Waals surface area (Å²) in [4.78, 5) is 11.6. The number of hydrogen-bond acceptors (Lipinski definition) is 2. The van der Waals surface area contributed by atoms with Crippen LogP contribution in [0.4, 0.5) is 0 Å². The highest BCUT2D eigenvalue weighted by Gasteiger charge is 2.00. The summed E-state index contributed by atoms with van der Waals surface area (Å²) in [6, 6.07) is 0. The molecule has 0 rings (SSSR count). The van der Waals surface area contributed by atoms with Gasteiger partial charge in [-0.15, -0.1) is 0 Å². The third kappa shape index (κ3) is 19.4. The van der Waals surface area contributed by atoms with Crippen LogP contribution in [0.5, 0.6) is 0 Å². The van der Waals surface area contributed by atoms with E-state index in [2.05, 4.69) is 12.2 Å². The van der Waals surface area contributed by atoms with Crippen LogP contribution in [0.3, 0.4) is 0 Å². The second kappa shape index (κ2) is 19.5. The average molecular weight is 328 g/mol. The molecule has 23 heavy (non-hydrogen) atoms. The second-order valence-corrected chi connectivity index (χ2v) is 6.69. The summed E-state index contributed by atoms with van der Waals surface area (Å²) in [6.45, 7) is 3.74. The number of hydrogen-bond donors (Lipinski definition) is 1. The third-order valence-electron chi connectivity index (χ3n) is 4.35. The van der Waals surface area contributed by atoms with E-state index in [1.54, 1.807) is 7.11 Å². The fourth-order valence-electron chi connectivity index (χ4n) is 2.84. The summed E-state index contributed by atoms with van der Waals surface area (Å²) in [5.74, 6) is 0.198. The van der Waals surface area contributed by atoms with Gasteiger partial charge in [0.1, 0.15) is 0 Å². The number of amides is 1. The van der Waals surface area contributed by atoms with Gasteiger partial charge in [0, 0.05) is 26.7 Å². The van der Waals surface area contributed by atoms with Crippen molar-refractivity contribution < 1.29 is 9.53 Å².